The fourth-order valence-electron chi connectivity index (χ4n) is 4.60. The molecule has 0 N–H and O–H groups in total. The van der Waals surface area contributed by atoms with E-state index < -0.39 is 36.5 Å². The Kier molecular flexibility index (Phi) is 10.2. The number of hydrogen-bond donors (Lipinski definition) is 0. The second-order valence-corrected chi connectivity index (χ2v) is 10.6. The number of ether oxygens (including phenoxy) is 4. The minimum Gasteiger partial charge on any atom is -0.368 e. The summed E-state index contributed by atoms with van der Waals surface area (Å²) >= 11 is 1.52. The van der Waals surface area contributed by atoms with E-state index >= 15 is 0 Å². The van der Waals surface area contributed by atoms with Crippen molar-refractivity contribution in [1.29, 1.82) is 0 Å². The minimum atomic E-state index is -0.799. The molecule has 0 aromatic heterocycles. The van der Waals surface area contributed by atoms with Gasteiger partial charge >= 0.3 is 0 Å². The van der Waals surface area contributed by atoms with Gasteiger partial charge in [-0.25, -0.2) is 4.39 Å². The molecule has 0 unspecified atom stereocenters. The second-order valence-electron chi connectivity index (χ2n) is 9.41. The first kappa shape index (κ1) is 27.6. The van der Waals surface area contributed by atoms with Gasteiger partial charge in [0.05, 0.1) is 19.8 Å². The lowest BCUT2D eigenvalue weighted by Crippen LogP contribution is -2.59. The molecule has 6 heteroatoms. The molecule has 4 aromatic rings. The average molecular weight is 545 g/mol. The van der Waals surface area contributed by atoms with Gasteiger partial charge in [0.25, 0.3) is 0 Å². The average Bonchev–Trinajstić information content (AvgIpc) is 3.00. The molecular weight excluding hydrogens is 511 g/mol. The van der Waals surface area contributed by atoms with E-state index in [4.69, 9.17) is 18.9 Å². The lowest BCUT2D eigenvalue weighted by molar-refractivity contribution is -0.248. The Balaban J connectivity index is 1.44. The number of rotatable bonds is 12. The van der Waals surface area contributed by atoms with Crippen molar-refractivity contribution >= 4 is 11.8 Å². The van der Waals surface area contributed by atoms with Crippen molar-refractivity contribution in [3.8, 4) is 0 Å². The zero-order chi connectivity index (χ0) is 26.7. The summed E-state index contributed by atoms with van der Waals surface area (Å²) in [5.74, 6) is 0. The summed E-state index contributed by atoms with van der Waals surface area (Å²) in [6.45, 7) is 0.349. The van der Waals surface area contributed by atoms with Crippen LogP contribution in [0.2, 0.25) is 0 Å². The molecule has 5 atom stereocenters. The molecule has 0 aliphatic carbocycles. The summed E-state index contributed by atoms with van der Waals surface area (Å²) in [5.41, 5.74) is 2.57. The van der Waals surface area contributed by atoms with Crippen LogP contribution in [0.15, 0.2) is 126 Å². The Labute approximate surface area is 234 Å². The third-order valence-electron chi connectivity index (χ3n) is 6.59. The van der Waals surface area contributed by atoms with Crippen molar-refractivity contribution in [1.82, 2.24) is 0 Å². The number of hydrogen-bond acceptors (Lipinski definition) is 5. The predicted octanol–water partition coefficient (Wildman–Crippen LogP) is 7.23. The van der Waals surface area contributed by atoms with Crippen LogP contribution in [0.5, 0.6) is 0 Å². The molecule has 1 fully saturated rings. The van der Waals surface area contributed by atoms with Crippen molar-refractivity contribution in [2.45, 2.75) is 54.6 Å². The van der Waals surface area contributed by atoms with Gasteiger partial charge in [0.1, 0.15) is 36.5 Å². The van der Waals surface area contributed by atoms with E-state index in [1.54, 1.807) is 0 Å². The Morgan fingerprint density at radius 1 is 0.538 bits per heavy atom. The summed E-state index contributed by atoms with van der Waals surface area (Å²) in [7, 11) is 0. The molecule has 4 nitrogen and oxygen atoms in total. The molecule has 1 aliphatic heterocycles. The summed E-state index contributed by atoms with van der Waals surface area (Å²) in [4.78, 5) is 1.01. The number of thioether (sulfide) groups is 1. The monoisotopic (exact) mass is 544 g/mol. The number of benzene rings is 4. The van der Waals surface area contributed by atoms with Gasteiger partial charge in [-0.2, -0.15) is 0 Å². The molecule has 1 saturated heterocycles. The quantitative estimate of drug-likeness (QED) is 0.188. The molecule has 0 saturated carbocycles. The molecule has 0 spiro atoms. The van der Waals surface area contributed by atoms with Crippen molar-refractivity contribution in [3.63, 3.8) is 0 Å². The van der Waals surface area contributed by atoms with Gasteiger partial charge in [0, 0.05) is 4.90 Å². The molecule has 1 aliphatic rings. The highest BCUT2D eigenvalue weighted by molar-refractivity contribution is 7.99. The van der Waals surface area contributed by atoms with E-state index in [1.165, 1.54) is 11.8 Å². The Morgan fingerprint density at radius 3 is 1.41 bits per heavy atom. The maximum Gasteiger partial charge on any atom is 0.137 e. The SMILES string of the molecule is FC[C@H]1O[C@@H](Sc2ccccc2)[C@H](OCc2ccccc2)[C@@H](OCc2ccccc2)[C@@H]1OCc1ccccc1. The zero-order valence-corrected chi connectivity index (χ0v) is 22.5. The van der Waals surface area contributed by atoms with Crippen molar-refractivity contribution in [2.24, 2.45) is 0 Å². The van der Waals surface area contributed by atoms with Crippen LogP contribution in [-0.2, 0) is 38.8 Å². The normalized spacial score (nSPS) is 22.9. The Hall–Kier alpha value is -3.00. The Morgan fingerprint density at radius 2 is 0.949 bits per heavy atom. The van der Waals surface area contributed by atoms with Gasteiger partial charge in [0.2, 0.25) is 0 Å². The van der Waals surface area contributed by atoms with Crippen LogP contribution in [-0.4, -0.2) is 36.5 Å². The molecule has 202 valence electrons. The summed E-state index contributed by atoms with van der Waals surface area (Å²) in [6.07, 6.45) is -2.53. The summed E-state index contributed by atoms with van der Waals surface area (Å²) in [5, 5.41) is 0. The van der Waals surface area contributed by atoms with Crippen LogP contribution in [0.1, 0.15) is 16.7 Å². The standard InChI is InChI=1S/C33H33FO4S/c34-21-29-30(35-22-25-13-5-1-6-14-25)31(36-23-26-15-7-2-8-16-26)32(37-24-27-17-9-3-10-18-27)33(38-29)39-28-19-11-4-12-20-28/h1-20,29-33H,21-24H2/t29-,30-,31+,32-,33+/m1/s1. The predicted molar refractivity (Wildman–Crippen MR) is 152 cm³/mol. The molecule has 4 aromatic carbocycles. The molecule has 0 amide bonds. The van der Waals surface area contributed by atoms with Gasteiger partial charge in [-0.05, 0) is 28.8 Å². The number of alkyl halides is 1. The lowest BCUT2D eigenvalue weighted by atomic mass is 9.99. The highest BCUT2D eigenvalue weighted by Crippen LogP contribution is 2.38. The largest absolute Gasteiger partial charge is 0.368 e. The summed E-state index contributed by atoms with van der Waals surface area (Å²) < 4.78 is 40.4. The van der Waals surface area contributed by atoms with Crippen LogP contribution in [0, 0.1) is 0 Å². The van der Waals surface area contributed by atoms with Crippen LogP contribution in [0.3, 0.4) is 0 Å². The third-order valence-corrected chi connectivity index (χ3v) is 7.75. The molecule has 0 bridgehead atoms. The first-order valence-electron chi connectivity index (χ1n) is 13.2. The fourth-order valence-corrected chi connectivity index (χ4v) is 5.75. The molecule has 0 radical (unpaired) electrons. The van der Waals surface area contributed by atoms with Gasteiger partial charge in [-0.1, -0.05) is 121 Å². The maximum absolute atomic E-state index is 14.6. The van der Waals surface area contributed by atoms with Crippen molar-refractivity contribution in [3.05, 3.63) is 138 Å². The van der Waals surface area contributed by atoms with Gasteiger partial charge in [0.15, 0.2) is 0 Å². The third kappa shape index (κ3) is 7.78. The topological polar surface area (TPSA) is 36.9 Å². The van der Waals surface area contributed by atoms with Crippen molar-refractivity contribution in [2.75, 3.05) is 6.67 Å². The highest BCUT2D eigenvalue weighted by Gasteiger charge is 2.48. The van der Waals surface area contributed by atoms with Gasteiger partial charge in [-0.3, -0.25) is 0 Å². The zero-order valence-electron chi connectivity index (χ0n) is 21.7. The molecule has 39 heavy (non-hydrogen) atoms. The first-order chi connectivity index (χ1) is 19.3. The first-order valence-corrected chi connectivity index (χ1v) is 14.1. The highest BCUT2D eigenvalue weighted by atomic mass is 32.2. The van der Waals surface area contributed by atoms with Crippen LogP contribution in [0.25, 0.3) is 0 Å². The van der Waals surface area contributed by atoms with E-state index in [0.717, 1.165) is 21.6 Å². The number of halogens is 1. The van der Waals surface area contributed by atoms with Crippen LogP contribution in [0.4, 0.5) is 4.39 Å². The lowest BCUT2D eigenvalue weighted by Gasteiger charge is -2.45. The molecule has 1 heterocycles. The van der Waals surface area contributed by atoms with E-state index in [0.29, 0.717) is 19.8 Å². The van der Waals surface area contributed by atoms with E-state index in [1.807, 2.05) is 121 Å². The Bertz CT molecular complexity index is 1230. The minimum absolute atomic E-state index is 0.318. The van der Waals surface area contributed by atoms with Crippen LogP contribution >= 0.6 is 11.8 Å². The van der Waals surface area contributed by atoms with E-state index in [9.17, 15) is 4.39 Å². The molecular formula is C33H33FO4S. The van der Waals surface area contributed by atoms with E-state index in [-0.39, 0.29) is 0 Å². The van der Waals surface area contributed by atoms with Crippen molar-refractivity contribution < 1.29 is 23.3 Å². The van der Waals surface area contributed by atoms with E-state index in [2.05, 4.69) is 0 Å². The smallest absolute Gasteiger partial charge is 0.137 e. The summed E-state index contributed by atoms with van der Waals surface area (Å²) in [6, 6.07) is 39.8. The second kappa shape index (κ2) is 14.4. The molecule has 5 rings (SSSR count). The van der Waals surface area contributed by atoms with Gasteiger partial charge in [-0.15, -0.1) is 0 Å². The fraction of sp³-hybridized carbons (Fsp3) is 0.273. The van der Waals surface area contributed by atoms with Crippen LogP contribution < -0.4 is 0 Å². The van der Waals surface area contributed by atoms with Gasteiger partial charge < -0.3 is 18.9 Å². The maximum atomic E-state index is 14.6.